The number of rotatable bonds is 3. The van der Waals surface area contributed by atoms with Crippen molar-refractivity contribution in [3.05, 3.63) is 41.5 Å². The lowest BCUT2D eigenvalue weighted by Crippen LogP contribution is -2.35. The van der Waals surface area contributed by atoms with Crippen LogP contribution in [0, 0.1) is 30.6 Å². The Morgan fingerprint density at radius 2 is 1.70 bits per heavy atom. The Labute approximate surface area is 143 Å². The molecule has 1 aromatic carbocycles. The summed E-state index contributed by atoms with van der Waals surface area (Å²) in [5.41, 5.74) is 4.33. The van der Waals surface area contributed by atoms with Crippen molar-refractivity contribution in [3.63, 3.8) is 0 Å². The Balaban J connectivity index is 1.86. The van der Waals surface area contributed by atoms with Crippen molar-refractivity contribution in [2.75, 3.05) is 0 Å². The number of aryl methyl sites for hydroxylation is 1. The van der Waals surface area contributed by atoms with Gasteiger partial charge in [-0.05, 0) is 66.9 Å². The first kappa shape index (κ1) is 16.8. The summed E-state index contributed by atoms with van der Waals surface area (Å²) >= 11 is 0. The van der Waals surface area contributed by atoms with Gasteiger partial charge in [-0.25, -0.2) is 0 Å². The van der Waals surface area contributed by atoms with Gasteiger partial charge in [-0.15, -0.1) is 0 Å². The highest BCUT2D eigenvalue weighted by Crippen LogP contribution is 2.49. The molecular formula is C23H34. The van der Waals surface area contributed by atoms with Crippen LogP contribution < -0.4 is 0 Å². The second kappa shape index (κ2) is 7.24. The predicted octanol–water partition coefficient (Wildman–Crippen LogP) is 6.98. The van der Waals surface area contributed by atoms with Gasteiger partial charge in [-0.3, -0.25) is 0 Å². The van der Waals surface area contributed by atoms with Crippen LogP contribution >= 0.6 is 0 Å². The molecule has 0 saturated heterocycles. The zero-order valence-electron chi connectivity index (χ0n) is 15.4. The fourth-order valence-corrected chi connectivity index (χ4v) is 5.62. The second-order valence-electron chi connectivity index (χ2n) is 8.32. The predicted molar refractivity (Wildman–Crippen MR) is 102 cm³/mol. The van der Waals surface area contributed by atoms with Gasteiger partial charge in [-0.1, -0.05) is 75.9 Å². The normalized spacial score (nSPS) is 35.0. The van der Waals surface area contributed by atoms with Gasteiger partial charge in [0, 0.05) is 0 Å². The van der Waals surface area contributed by atoms with Crippen LogP contribution in [0.4, 0.5) is 0 Å². The van der Waals surface area contributed by atoms with Crippen molar-refractivity contribution in [1.82, 2.24) is 0 Å². The first-order chi connectivity index (χ1) is 11.1. The van der Waals surface area contributed by atoms with Crippen molar-refractivity contribution < 1.29 is 0 Å². The largest absolute Gasteiger partial charge is 0.0985 e. The Morgan fingerprint density at radius 1 is 0.957 bits per heavy atom. The zero-order chi connectivity index (χ0) is 16.4. The molecule has 0 N–H and O–H groups in total. The highest BCUT2D eigenvalue weighted by molar-refractivity contribution is 5.54. The Bertz CT molecular complexity index is 541. The highest BCUT2D eigenvalue weighted by atomic mass is 14.4. The van der Waals surface area contributed by atoms with Gasteiger partial charge >= 0.3 is 0 Å². The summed E-state index contributed by atoms with van der Waals surface area (Å²) in [6.07, 6.45) is 12.2. The molecule has 0 spiro atoms. The second-order valence-corrected chi connectivity index (χ2v) is 8.32. The van der Waals surface area contributed by atoms with Crippen molar-refractivity contribution >= 4 is 6.08 Å². The SMILES string of the molecule is C=Cc1ccc(C)cc1C1CCCC(C2CCCCC2C)C1C. The van der Waals surface area contributed by atoms with E-state index in [-0.39, 0.29) is 0 Å². The van der Waals surface area contributed by atoms with Crippen molar-refractivity contribution in [2.24, 2.45) is 23.7 Å². The third kappa shape index (κ3) is 3.42. The minimum absolute atomic E-state index is 0.732. The maximum absolute atomic E-state index is 4.06. The van der Waals surface area contributed by atoms with Gasteiger partial charge in [0.15, 0.2) is 0 Å². The van der Waals surface area contributed by atoms with E-state index >= 15 is 0 Å². The lowest BCUT2D eigenvalue weighted by molar-refractivity contribution is 0.0843. The van der Waals surface area contributed by atoms with Crippen LogP contribution in [0.15, 0.2) is 24.8 Å². The summed E-state index contributed by atoms with van der Waals surface area (Å²) in [6, 6.07) is 6.94. The van der Waals surface area contributed by atoms with Crippen molar-refractivity contribution in [1.29, 1.82) is 0 Å². The molecule has 3 rings (SSSR count). The first-order valence-corrected chi connectivity index (χ1v) is 9.84. The molecule has 5 unspecified atom stereocenters. The molecule has 2 aliphatic carbocycles. The molecule has 0 aromatic heterocycles. The molecule has 5 atom stereocenters. The van der Waals surface area contributed by atoms with Crippen LogP contribution in [0.3, 0.4) is 0 Å². The summed E-state index contributed by atoms with van der Waals surface area (Å²) in [4.78, 5) is 0. The van der Waals surface area contributed by atoms with E-state index in [1.54, 1.807) is 5.56 Å². The van der Waals surface area contributed by atoms with Crippen molar-refractivity contribution in [2.45, 2.75) is 71.6 Å². The molecule has 126 valence electrons. The van der Waals surface area contributed by atoms with Gasteiger partial charge in [0.25, 0.3) is 0 Å². The van der Waals surface area contributed by atoms with Crippen LogP contribution in [0.5, 0.6) is 0 Å². The molecule has 0 bridgehead atoms. The monoisotopic (exact) mass is 310 g/mol. The molecule has 2 saturated carbocycles. The number of hydrogen-bond donors (Lipinski definition) is 0. The van der Waals surface area contributed by atoms with E-state index in [2.05, 4.69) is 51.6 Å². The standard InChI is InChI=1S/C23H34/c1-5-19-14-13-16(2)15-23(19)22-12-8-11-21(18(22)4)20-10-7-6-9-17(20)3/h5,13-15,17-18,20-22H,1,6-12H2,2-4H3. The molecule has 2 aliphatic rings. The van der Waals surface area contributed by atoms with Gasteiger partial charge in [0.2, 0.25) is 0 Å². The van der Waals surface area contributed by atoms with E-state index in [4.69, 9.17) is 0 Å². The summed E-state index contributed by atoms with van der Waals surface area (Å²) in [6.45, 7) is 11.4. The van der Waals surface area contributed by atoms with E-state index < -0.39 is 0 Å². The summed E-state index contributed by atoms with van der Waals surface area (Å²) < 4.78 is 0. The maximum Gasteiger partial charge on any atom is -0.0127 e. The first-order valence-electron chi connectivity index (χ1n) is 9.84. The third-order valence-electron chi connectivity index (χ3n) is 6.95. The van der Waals surface area contributed by atoms with E-state index in [9.17, 15) is 0 Å². The van der Waals surface area contributed by atoms with E-state index in [1.807, 2.05) is 0 Å². The van der Waals surface area contributed by atoms with E-state index in [0.29, 0.717) is 0 Å². The average molecular weight is 311 g/mol. The molecule has 0 heterocycles. The Kier molecular flexibility index (Phi) is 5.29. The molecule has 0 heteroatoms. The molecule has 2 fully saturated rings. The number of benzene rings is 1. The van der Waals surface area contributed by atoms with Gasteiger partial charge in [0.05, 0.1) is 0 Å². The average Bonchev–Trinajstić information content (AvgIpc) is 2.56. The molecule has 0 aliphatic heterocycles. The minimum Gasteiger partial charge on any atom is -0.0985 e. The minimum atomic E-state index is 0.732. The lowest BCUT2D eigenvalue weighted by Gasteiger charge is -2.45. The summed E-state index contributed by atoms with van der Waals surface area (Å²) in [5, 5.41) is 0. The molecule has 0 amide bonds. The van der Waals surface area contributed by atoms with Gasteiger partial charge < -0.3 is 0 Å². The van der Waals surface area contributed by atoms with Crippen LogP contribution in [0.25, 0.3) is 6.08 Å². The fraction of sp³-hybridized carbons (Fsp3) is 0.652. The third-order valence-corrected chi connectivity index (χ3v) is 6.95. The molecule has 0 radical (unpaired) electrons. The summed E-state index contributed by atoms with van der Waals surface area (Å²) in [7, 11) is 0. The topological polar surface area (TPSA) is 0 Å². The zero-order valence-corrected chi connectivity index (χ0v) is 15.4. The fourth-order valence-electron chi connectivity index (χ4n) is 5.62. The van der Waals surface area contributed by atoms with Crippen molar-refractivity contribution in [3.8, 4) is 0 Å². The molecule has 23 heavy (non-hydrogen) atoms. The Hall–Kier alpha value is -1.04. The number of hydrogen-bond acceptors (Lipinski definition) is 0. The lowest BCUT2D eigenvalue weighted by atomic mass is 9.60. The van der Waals surface area contributed by atoms with Gasteiger partial charge in [0.1, 0.15) is 0 Å². The smallest absolute Gasteiger partial charge is 0.0127 e. The highest BCUT2D eigenvalue weighted by Gasteiger charge is 2.38. The van der Waals surface area contributed by atoms with E-state index in [0.717, 1.165) is 29.6 Å². The van der Waals surface area contributed by atoms with E-state index in [1.165, 1.54) is 56.1 Å². The molecule has 1 aromatic rings. The Morgan fingerprint density at radius 3 is 2.43 bits per heavy atom. The molecular weight excluding hydrogens is 276 g/mol. The van der Waals surface area contributed by atoms with Crippen LogP contribution in [-0.2, 0) is 0 Å². The van der Waals surface area contributed by atoms with Crippen LogP contribution in [0.2, 0.25) is 0 Å². The molecule has 0 nitrogen and oxygen atoms in total. The van der Waals surface area contributed by atoms with Crippen LogP contribution in [-0.4, -0.2) is 0 Å². The quantitative estimate of drug-likeness (QED) is 0.564. The maximum atomic E-state index is 4.06. The summed E-state index contributed by atoms with van der Waals surface area (Å²) in [5.74, 6) is 4.39. The van der Waals surface area contributed by atoms with Gasteiger partial charge in [-0.2, -0.15) is 0 Å². The van der Waals surface area contributed by atoms with Crippen LogP contribution in [0.1, 0.15) is 81.4 Å².